The van der Waals surface area contributed by atoms with Crippen LogP contribution in [0.2, 0.25) is 0 Å². The van der Waals surface area contributed by atoms with Gasteiger partial charge in [0, 0.05) is 24.1 Å². The number of nitrogens with zero attached hydrogens (tertiary/aromatic N) is 1. The summed E-state index contributed by atoms with van der Waals surface area (Å²) >= 11 is 0. The second-order valence-electron chi connectivity index (χ2n) is 6.85. The second kappa shape index (κ2) is 4.56. The van der Waals surface area contributed by atoms with Gasteiger partial charge in [-0.3, -0.25) is 4.79 Å². The molecule has 0 radical (unpaired) electrons. The second-order valence-corrected chi connectivity index (χ2v) is 6.85. The Morgan fingerprint density at radius 2 is 2.21 bits per heavy atom. The number of hydrogen-bond acceptors (Lipinski definition) is 4. The smallest absolute Gasteiger partial charge is 0.209 e. The van der Waals surface area contributed by atoms with Crippen LogP contribution in [-0.2, 0) is 21.4 Å². The summed E-state index contributed by atoms with van der Waals surface area (Å²) in [5.41, 5.74) is 2.25. The van der Waals surface area contributed by atoms with Gasteiger partial charge in [-0.25, -0.2) is 0 Å². The Labute approximate surface area is 140 Å². The van der Waals surface area contributed by atoms with Crippen molar-refractivity contribution in [3.63, 3.8) is 0 Å². The van der Waals surface area contributed by atoms with E-state index in [-0.39, 0.29) is 17.4 Å². The van der Waals surface area contributed by atoms with Crippen molar-refractivity contribution in [3.05, 3.63) is 46.9 Å². The van der Waals surface area contributed by atoms with Gasteiger partial charge in [0.1, 0.15) is 0 Å². The summed E-state index contributed by atoms with van der Waals surface area (Å²) in [7, 11) is 3.35. The Kier molecular flexibility index (Phi) is 2.65. The summed E-state index contributed by atoms with van der Waals surface area (Å²) in [5.74, 6) is 3.46. The summed E-state index contributed by atoms with van der Waals surface area (Å²) in [5, 5.41) is 0. The van der Waals surface area contributed by atoms with E-state index in [1.165, 1.54) is 11.1 Å². The zero-order chi connectivity index (χ0) is 16.5. The summed E-state index contributed by atoms with van der Waals surface area (Å²) in [6.45, 7) is 0.735. The lowest BCUT2D eigenvalue weighted by Gasteiger charge is -2.53. The molecule has 1 aromatic carbocycles. The molecule has 2 bridgehead atoms. The molecule has 0 saturated carbocycles. The van der Waals surface area contributed by atoms with Crippen LogP contribution in [0.15, 0.2) is 35.8 Å². The highest BCUT2D eigenvalue weighted by atomic mass is 16.5. The first-order valence-electron chi connectivity index (χ1n) is 8.30. The zero-order valence-electron chi connectivity index (χ0n) is 13.7. The molecule has 1 spiro atoms. The summed E-state index contributed by atoms with van der Waals surface area (Å²) in [6, 6.07) is 4.24. The maximum atomic E-state index is 11.6. The highest BCUT2D eigenvalue weighted by molar-refractivity contribution is 5.67. The molecule has 1 fully saturated rings. The lowest BCUT2D eigenvalue weighted by molar-refractivity contribution is -0.124. The third kappa shape index (κ3) is 1.39. The van der Waals surface area contributed by atoms with Crippen LogP contribution in [0.3, 0.4) is 0 Å². The summed E-state index contributed by atoms with van der Waals surface area (Å²) < 4.78 is 17.5. The fraction of sp³-hybridized carbons (Fsp3) is 0.421. The topological polar surface area (TPSA) is 48.0 Å². The molecule has 1 amide bonds. The van der Waals surface area contributed by atoms with Gasteiger partial charge in [-0.15, -0.1) is 0 Å². The van der Waals surface area contributed by atoms with E-state index in [9.17, 15) is 4.79 Å². The zero-order valence-corrected chi connectivity index (χ0v) is 13.7. The molecule has 3 atom stereocenters. The van der Waals surface area contributed by atoms with E-state index in [0.29, 0.717) is 0 Å². The first kappa shape index (κ1) is 14.0. The Morgan fingerprint density at radius 1 is 1.33 bits per heavy atom. The largest absolute Gasteiger partial charge is 0.493 e. The quantitative estimate of drug-likeness (QED) is 0.799. The normalized spacial score (nSPS) is 31.5. The molecular weight excluding hydrogens is 306 g/mol. The molecule has 2 aliphatic carbocycles. The molecule has 24 heavy (non-hydrogen) atoms. The van der Waals surface area contributed by atoms with Crippen LogP contribution >= 0.6 is 0 Å². The SMILES string of the molecule is COC1=C2Oc3c(OC)ccc4c3[C@@]23CCN(C=O)[C@@H](C4)[C@@H]3C=C1. The number of rotatable bonds is 3. The monoisotopic (exact) mass is 325 g/mol. The molecular formula is C19H19NO4. The Balaban J connectivity index is 1.83. The number of allylic oxidation sites excluding steroid dienone is 2. The van der Waals surface area contributed by atoms with E-state index in [4.69, 9.17) is 14.2 Å². The van der Waals surface area contributed by atoms with Crippen molar-refractivity contribution in [1.82, 2.24) is 4.90 Å². The molecule has 5 rings (SSSR count). The predicted octanol–water partition coefficient (Wildman–Crippen LogP) is 2.16. The van der Waals surface area contributed by atoms with Gasteiger partial charge in [0.25, 0.3) is 0 Å². The lowest BCUT2D eigenvalue weighted by Crippen LogP contribution is -2.59. The minimum Gasteiger partial charge on any atom is -0.493 e. The minimum atomic E-state index is -0.234. The Hall–Kier alpha value is -2.43. The molecule has 5 heteroatoms. The van der Waals surface area contributed by atoms with Crippen molar-refractivity contribution in [3.8, 4) is 11.5 Å². The predicted molar refractivity (Wildman–Crippen MR) is 86.8 cm³/mol. The van der Waals surface area contributed by atoms with Crippen LogP contribution < -0.4 is 9.47 Å². The van der Waals surface area contributed by atoms with Crippen molar-refractivity contribution in [2.75, 3.05) is 20.8 Å². The average molecular weight is 325 g/mol. The Morgan fingerprint density at radius 3 is 2.96 bits per heavy atom. The first-order valence-corrected chi connectivity index (χ1v) is 8.30. The van der Waals surface area contributed by atoms with Crippen molar-refractivity contribution >= 4 is 6.41 Å². The van der Waals surface area contributed by atoms with Gasteiger partial charge >= 0.3 is 0 Å². The number of ether oxygens (including phenoxy) is 3. The van der Waals surface area contributed by atoms with Crippen LogP contribution in [0.1, 0.15) is 17.5 Å². The van der Waals surface area contributed by atoms with Crippen LogP contribution in [0.25, 0.3) is 0 Å². The number of benzene rings is 1. The van der Waals surface area contributed by atoms with Gasteiger partial charge in [0.15, 0.2) is 23.0 Å². The van der Waals surface area contributed by atoms with Gasteiger partial charge in [-0.2, -0.15) is 0 Å². The molecule has 1 aromatic rings. The van der Waals surface area contributed by atoms with Crippen LogP contribution in [-0.4, -0.2) is 38.1 Å². The molecule has 1 saturated heterocycles. The van der Waals surface area contributed by atoms with Crippen LogP contribution in [0.4, 0.5) is 0 Å². The number of piperidine rings is 1. The summed E-state index contributed by atoms with van der Waals surface area (Å²) in [6.07, 6.45) is 6.87. The van der Waals surface area contributed by atoms with Gasteiger partial charge in [0.2, 0.25) is 6.41 Å². The third-order valence-electron chi connectivity index (χ3n) is 6.12. The number of amides is 1. The molecule has 4 aliphatic rings. The summed E-state index contributed by atoms with van der Waals surface area (Å²) in [4.78, 5) is 13.5. The lowest BCUT2D eigenvalue weighted by atomic mass is 9.55. The van der Waals surface area contributed by atoms with E-state index in [1.807, 2.05) is 17.0 Å². The third-order valence-corrected chi connectivity index (χ3v) is 6.12. The molecule has 0 aromatic heterocycles. The van der Waals surface area contributed by atoms with Crippen LogP contribution in [0, 0.1) is 5.92 Å². The number of carbonyl (C=O) groups excluding carboxylic acids is 1. The van der Waals surface area contributed by atoms with Gasteiger partial charge in [-0.1, -0.05) is 12.1 Å². The number of carbonyl (C=O) groups is 1. The Bertz CT molecular complexity index is 812. The molecule has 0 unspecified atom stereocenters. The van der Waals surface area contributed by atoms with Crippen molar-refractivity contribution < 1.29 is 19.0 Å². The van der Waals surface area contributed by atoms with Gasteiger partial charge < -0.3 is 19.1 Å². The molecule has 124 valence electrons. The van der Waals surface area contributed by atoms with Crippen molar-refractivity contribution in [2.24, 2.45) is 5.92 Å². The van der Waals surface area contributed by atoms with E-state index < -0.39 is 0 Å². The highest BCUT2D eigenvalue weighted by Crippen LogP contribution is 2.63. The molecule has 2 heterocycles. The fourth-order valence-electron chi connectivity index (χ4n) is 5.15. The first-order chi connectivity index (χ1) is 11.7. The molecule has 0 N–H and O–H groups in total. The maximum Gasteiger partial charge on any atom is 0.209 e. The highest BCUT2D eigenvalue weighted by Gasteiger charge is 2.62. The number of likely N-dealkylation sites (tertiary alicyclic amines) is 1. The number of methoxy groups -OCH3 is 2. The fourth-order valence-corrected chi connectivity index (χ4v) is 5.15. The average Bonchev–Trinajstić information content (AvgIpc) is 2.96. The number of hydrogen-bond donors (Lipinski definition) is 0. The van der Waals surface area contributed by atoms with E-state index in [0.717, 1.165) is 48.8 Å². The van der Waals surface area contributed by atoms with Gasteiger partial charge in [0.05, 0.1) is 19.6 Å². The minimum absolute atomic E-state index is 0.163. The van der Waals surface area contributed by atoms with Crippen LogP contribution in [0.5, 0.6) is 11.5 Å². The maximum absolute atomic E-state index is 11.6. The van der Waals surface area contributed by atoms with Gasteiger partial charge in [-0.05, 0) is 30.5 Å². The molecule has 5 nitrogen and oxygen atoms in total. The molecule has 2 aliphatic heterocycles. The van der Waals surface area contributed by atoms with Crippen molar-refractivity contribution in [1.29, 1.82) is 0 Å². The van der Waals surface area contributed by atoms with Crippen molar-refractivity contribution in [2.45, 2.75) is 24.3 Å². The van der Waals surface area contributed by atoms with E-state index >= 15 is 0 Å². The van der Waals surface area contributed by atoms with E-state index in [2.05, 4.69) is 12.1 Å². The van der Waals surface area contributed by atoms with E-state index in [1.54, 1.807) is 14.2 Å². The standard InChI is InChI=1S/C19H19NO4/c1-22-14-5-3-11-9-13-12-4-6-15(23-2)18-19(12,7-8-20(13)10-21)16(11)17(14)24-18/h3-6,10,12-13H,7-9H2,1-2H3/t12-,13-,19-/m0/s1.